The highest BCUT2D eigenvalue weighted by atomic mass is 79.9. The van der Waals surface area contributed by atoms with E-state index in [-0.39, 0.29) is 10.5 Å². The van der Waals surface area contributed by atoms with E-state index >= 15 is 0 Å². The van der Waals surface area contributed by atoms with Gasteiger partial charge in [-0.1, -0.05) is 31.9 Å². The fourth-order valence-corrected chi connectivity index (χ4v) is 4.42. The summed E-state index contributed by atoms with van der Waals surface area (Å²) in [5.41, 5.74) is 1.37. The molecule has 4 atom stereocenters. The van der Waals surface area contributed by atoms with E-state index in [1.807, 2.05) is 0 Å². The van der Waals surface area contributed by atoms with E-state index in [2.05, 4.69) is 59.6 Å². The number of rotatable bonds is 1. The van der Waals surface area contributed by atoms with Gasteiger partial charge in [-0.25, -0.2) is 0 Å². The number of alkyl halides is 3. The third-order valence-corrected chi connectivity index (χ3v) is 8.17. The van der Waals surface area contributed by atoms with Gasteiger partial charge in [0, 0.05) is 4.83 Å². The second kappa shape index (κ2) is 5.53. The summed E-state index contributed by atoms with van der Waals surface area (Å²) in [4.78, 5) is 0.661. The lowest BCUT2D eigenvalue weighted by Gasteiger charge is -2.43. The Labute approximate surface area is 138 Å². The maximum atomic E-state index is 6.53. The first-order valence-electron chi connectivity index (χ1n) is 6.99. The number of allylic oxidation sites excluding steroid dienone is 2. The van der Waals surface area contributed by atoms with Crippen molar-refractivity contribution in [2.45, 2.75) is 73.5 Å². The Bertz CT molecular complexity index is 390. The quantitative estimate of drug-likeness (QED) is 0.494. The van der Waals surface area contributed by atoms with E-state index in [1.165, 1.54) is 5.57 Å². The number of hydrogen-bond donors (Lipinski definition) is 0. The summed E-state index contributed by atoms with van der Waals surface area (Å²) >= 11 is 14.1. The average Bonchev–Trinajstić information content (AvgIpc) is 2.27. The average molecular weight is 415 g/mol. The van der Waals surface area contributed by atoms with E-state index in [9.17, 15) is 0 Å². The van der Waals surface area contributed by atoms with Crippen molar-refractivity contribution in [2.24, 2.45) is 5.92 Å². The molecule has 0 amide bonds. The van der Waals surface area contributed by atoms with Crippen LogP contribution in [0.25, 0.3) is 0 Å². The van der Waals surface area contributed by atoms with Gasteiger partial charge >= 0.3 is 0 Å². The zero-order valence-electron chi connectivity index (χ0n) is 12.1. The van der Waals surface area contributed by atoms with E-state index in [0.29, 0.717) is 15.6 Å². The SMILES string of the molecule is CC1=C([C@@H]2CC[C@](C)(Cl)[C@@H](Br)C2)C[C@@H](Br)C(C)(C)O1. The maximum absolute atomic E-state index is 6.53. The Hall–Kier alpha value is 0.790. The van der Waals surface area contributed by atoms with Crippen molar-refractivity contribution < 1.29 is 4.74 Å². The molecule has 0 radical (unpaired) electrons. The first kappa shape index (κ1) is 16.2. The van der Waals surface area contributed by atoms with Crippen LogP contribution in [0.2, 0.25) is 0 Å². The van der Waals surface area contributed by atoms with Crippen LogP contribution in [0.1, 0.15) is 53.4 Å². The van der Waals surface area contributed by atoms with Gasteiger partial charge in [0.2, 0.25) is 0 Å². The first-order valence-corrected chi connectivity index (χ1v) is 9.20. The number of ether oxygens (including phenoxy) is 1. The molecule has 1 aliphatic heterocycles. The smallest absolute Gasteiger partial charge is 0.116 e. The van der Waals surface area contributed by atoms with Crippen LogP contribution in [-0.2, 0) is 4.74 Å². The summed E-state index contributed by atoms with van der Waals surface area (Å²) in [6, 6.07) is 0. The fraction of sp³-hybridized carbons (Fsp3) is 0.867. The van der Waals surface area contributed by atoms with Gasteiger partial charge in [-0.2, -0.15) is 0 Å². The van der Waals surface area contributed by atoms with Gasteiger partial charge in [-0.3, -0.25) is 0 Å². The molecule has 1 heterocycles. The van der Waals surface area contributed by atoms with E-state index < -0.39 is 0 Å². The molecule has 0 aromatic heterocycles. The van der Waals surface area contributed by atoms with Gasteiger partial charge in [0.15, 0.2) is 0 Å². The highest BCUT2D eigenvalue weighted by molar-refractivity contribution is 9.09. The van der Waals surface area contributed by atoms with Crippen molar-refractivity contribution >= 4 is 43.5 Å². The third kappa shape index (κ3) is 3.35. The van der Waals surface area contributed by atoms with Crippen LogP contribution in [0.5, 0.6) is 0 Å². The molecule has 0 saturated heterocycles. The lowest BCUT2D eigenvalue weighted by atomic mass is 9.75. The summed E-state index contributed by atoms with van der Waals surface area (Å²) in [7, 11) is 0. The fourth-order valence-electron chi connectivity index (χ4n) is 3.10. The van der Waals surface area contributed by atoms with Crippen LogP contribution < -0.4 is 0 Å². The van der Waals surface area contributed by atoms with Crippen molar-refractivity contribution in [3.05, 3.63) is 11.3 Å². The van der Waals surface area contributed by atoms with Gasteiger partial charge in [0.1, 0.15) is 5.60 Å². The van der Waals surface area contributed by atoms with Crippen LogP contribution in [-0.4, -0.2) is 20.1 Å². The summed E-state index contributed by atoms with van der Waals surface area (Å²) in [6.45, 7) is 8.56. The molecule has 19 heavy (non-hydrogen) atoms. The Kier molecular flexibility index (Phi) is 4.71. The minimum atomic E-state index is -0.114. The number of halogens is 3. The van der Waals surface area contributed by atoms with Gasteiger partial charge in [-0.15, -0.1) is 11.6 Å². The summed E-state index contributed by atoms with van der Waals surface area (Å²) in [5, 5.41) is 0. The van der Waals surface area contributed by atoms with E-state index in [0.717, 1.165) is 31.4 Å². The predicted octanol–water partition coefficient (Wildman–Crippen LogP) is 5.78. The second-order valence-corrected chi connectivity index (χ2v) is 9.75. The zero-order valence-corrected chi connectivity index (χ0v) is 16.0. The van der Waals surface area contributed by atoms with Crippen molar-refractivity contribution in [1.29, 1.82) is 0 Å². The van der Waals surface area contributed by atoms with Gasteiger partial charge in [-0.05, 0) is 64.9 Å². The summed E-state index contributed by atoms with van der Waals surface area (Å²) < 4.78 is 6.12. The summed E-state index contributed by atoms with van der Waals surface area (Å²) in [6.07, 6.45) is 4.42. The third-order valence-electron chi connectivity index (χ3n) is 4.64. The molecule has 1 fully saturated rings. The maximum Gasteiger partial charge on any atom is 0.116 e. The topological polar surface area (TPSA) is 9.23 Å². The lowest BCUT2D eigenvalue weighted by Crippen LogP contribution is -2.42. The largest absolute Gasteiger partial charge is 0.491 e. The predicted molar refractivity (Wildman–Crippen MR) is 89.5 cm³/mol. The van der Waals surface area contributed by atoms with Crippen LogP contribution in [0.3, 0.4) is 0 Å². The molecule has 0 spiro atoms. The second-order valence-electron chi connectivity index (χ2n) is 6.68. The Morgan fingerprint density at radius 2 is 1.84 bits per heavy atom. The molecule has 1 nitrogen and oxygen atoms in total. The Balaban J connectivity index is 2.15. The summed E-state index contributed by atoms with van der Waals surface area (Å²) in [5.74, 6) is 1.73. The minimum absolute atomic E-state index is 0.104. The van der Waals surface area contributed by atoms with Crippen molar-refractivity contribution in [1.82, 2.24) is 0 Å². The molecular weight excluding hydrogens is 391 g/mol. The van der Waals surface area contributed by atoms with Crippen molar-refractivity contribution in [2.75, 3.05) is 0 Å². The highest BCUT2D eigenvalue weighted by Crippen LogP contribution is 2.47. The monoisotopic (exact) mass is 412 g/mol. The molecule has 0 bridgehead atoms. The molecule has 110 valence electrons. The normalized spacial score (nSPS) is 43.0. The first-order chi connectivity index (χ1) is 8.63. The standard InChI is InChI=1S/C15H23Br2ClO/c1-9-11(8-12(16)14(2,3)19-9)10-5-6-15(4,18)13(17)7-10/h10,12-13H,5-8H2,1-4H3/t10-,12-,13+,15+/m1/s1. The molecule has 0 aromatic rings. The van der Waals surface area contributed by atoms with Crippen molar-refractivity contribution in [3.8, 4) is 0 Å². The van der Waals surface area contributed by atoms with Crippen molar-refractivity contribution in [3.63, 3.8) is 0 Å². The molecule has 0 N–H and O–H groups in total. The molecule has 4 heteroatoms. The van der Waals surface area contributed by atoms with Gasteiger partial charge in [0.25, 0.3) is 0 Å². The minimum Gasteiger partial charge on any atom is -0.491 e. The highest BCUT2D eigenvalue weighted by Gasteiger charge is 2.42. The molecule has 0 aromatic carbocycles. The molecule has 2 rings (SSSR count). The van der Waals surface area contributed by atoms with Crippen LogP contribution >= 0.6 is 43.5 Å². The Morgan fingerprint density at radius 3 is 2.42 bits per heavy atom. The molecule has 1 saturated carbocycles. The molecular formula is C15H23Br2ClO. The lowest BCUT2D eigenvalue weighted by molar-refractivity contribution is 0.0171. The van der Waals surface area contributed by atoms with Crippen LogP contribution in [0.4, 0.5) is 0 Å². The zero-order chi connectivity index (χ0) is 14.4. The van der Waals surface area contributed by atoms with Crippen LogP contribution in [0, 0.1) is 5.92 Å². The number of hydrogen-bond acceptors (Lipinski definition) is 1. The van der Waals surface area contributed by atoms with E-state index in [1.54, 1.807) is 0 Å². The Morgan fingerprint density at radius 1 is 1.21 bits per heavy atom. The van der Waals surface area contributed by atoms with Gasteiger partial charge < -0.3 is 4.74 Å². The van der Waals surface area contributed by atoms with E-state index in [4.69, 9.17) is 16.3 Å². The van der Waals surface area contributed by atoms with Gasteiger partial charge in [0.05, 0.1) is 15.5 Å². The molecule has 0 unspecified atom stereocenters. The van der Waals surface area contributed by atoms with Crippen LogP contribution in [0.15, 0.2) is 11.3 Å². The molecule has 2 aliphatic rings. The molecule has 1 aliphatic carbocycles.